The quantitative estimate of drug-likeness (QED) is 0.653. The van der Waals surface area contributed by atoms with Gasteiger partial charge < -0.3 is 0 Å². The fraction of sp³-hybridized carbons (Fsp3) is 0.333. The van der Waals surface area contributed by atoms with Crippen molar-refractivity contribution in [1.82, 2.24) is 0 Å². The molecule has 1 aromatic rings. The van der Waals surface area contributed by atoms with Crippen LogP contribution in [0.1, 0.15) is 16.7 Å². The molecule has 1 unspecified atom stereocenters. The van der Waals surface area contributed by atoms with Gasteiger partial charge in [-0.1, -0.05) is 18.2 Å². The largest absolute Gasteiger partial charge is 0.133 e. The summed E-state index contributed by atoms with van der Waals surface area (Å²) in [5.74, 6) is 0. The summed E-state index contributed by atoms with van der Waals surface area (Å²) < 4.78 is 0. The van der Waals surface area contributed by atoms with Crippen molar-refractivity contribution in [3.05, 3.63) is 34.9 Å². The van der Waals surface area contributed by atoms with Crippen molar-refractivity contribution in [2.75, 3.05) is 0 Å². The van der Waals surface area contributed by atoms with Gasteiger partial charge >= 0.3 is 0 Å². The van der Waals surface area contributed by atoms with E-state index in [9.17, 15) is 0 Å². The van der Waals surface area contributed by atoms with Crippen molar-refractivity contribution in [1.29, 1.82) is 0 Å². The van der Waals surface area contributed by atoms with Crippen LogP contribution in [0, 0.1) is 13.8 Å². The van der Waals surface area contributed by atoms with Crippen LogP contribution in [0.25, 0.3) is 0 Å². The third-order valence-corrected chi connectivity index (χ3v) is 2.26. The molecule has 1 atom stereocenters. The highest BCUT2D eigenvalue weighted by atomic mass is 79.9. The van der Waals surface area contributed by atoms with E-state index < -0.39 is 0 Å². The summed E-state index contributed by atoms with van der Waals surface area (Å²) in [6.07, 6.45) is 1.07. The van der Waals surface area contributed by atoms with E-state index in [2.05, 4.69) is 41.3 Å². The molecule has 0 bridgehead atoms. The Morgan fingerprint density at radius 3 is 1.91 bits per heavy atom. The van der Waals surface area contributed by atoms with Crippen LogP contribution in [-0.4, -0.2) is 0 Å². The van der Waals surface area contributed by atoms with E-state index in [0.717, 1.165) is 6.16 Å². The number of halogens is 1. The highest BCUT2D eigenvalue weighted by Crippen LogP contribution is 2.15. The fourth-order valence-corrected chi connectivity index (χ4v) is 1.81. The van der Waals surface area contributed by atoms with Crippen LogP contribution in [0.2, 0.25) is 0 Å². The van der Waals surface area contributed by atoms with Crippen molar-refractivity contribution in [3.8, 4) is 0 Å². The van der Waals surface area contributed by atoms with E-state index in [-0.39, 0.29) is 17.0 Å². The molecule has 0 aliphatic carbocycles. The number of hydrogen-bond donors (Lipinski definition) is 0. The molecule has 0 spiro atoms. The molecule has 0 aliphatic rings. The monoisotopic (exact) mass is 232 g/mol. The minimum atomic E-state index is 0. The van der Waals surface area contributed by atoms with Gasteiger partial charge in [0, 0.05) is 0 Å². The van der Waals surface area contributed by atoms with E-state index in [1.165, 1.54) is 16.7 Å². The Labute approximate surface area is 81.4 Å². The molecule has 0 aliphatic heterocycles. The van der Waals surface area contributed by atoms with Crippen molar-refractivity contribution in [2.45, 2.75) is 20.0 Å². The summed E-state index contributed by atoms with van der Waals surface area (Å²) in [6.45, 7) is 4.32. The Morgan fingerprint density at radius 1 is 1.18 bits per heavy atom. The van der Waals surface area contributed by atoms with Crippen molar-refractivity contribution < 1.29 is 0 Å². The van der Waals surface area contributed by atoms with E-state index >= 15 is 0 Å². The van der Waals surface area contributed by atoms with E-state index in [1.54, 1.807) is 0 Å². The molecular formula is C9H14BrP. The maximum atomic E-state index is 2.76. The van der Waals surface area contributed by atoms with Gasteiger partial charge in [-0.15, -0.1) is 26.2 Å². The molecule has 0 N–H and O–H groups in total. The predicted octanol–water partition coefficient (Wildman–Crippen LogP) is 3.26. The first kappa shape index (κ1) is 11.1. The number of hydrogen-bond acceptors (Lipinski definition) is 0. The third-order valence-electron chi connectivity index (χ3n) is 1.85. The standard InChI is InChI=1S/C9H13P.BrH/c1-7-4-3-5-8(2)9(7)6-10;/h3-5H,6,10H2,1-2H3;1H. The molecule has 0 radical (unpaired) electrons. The Kier molecular flexibility index (Phi) is 4.96. The lowest BCUT2D eigenvalue weighted by atomic mass is 10.1. The summed E-state index contributed by atoms with van der Waals surface area (Å²) in [7, 11) is 2.76. The van der Waals surface area contributed by atoms with Crippen LogP contribution in [0.3, 0.4) is 0 Å². The van der Waals surface area contributed by atoms with Gasteiger partial charge in [-0.25, -0.2) is 0 Å². The molecule has 11 heavy (non-hydrogen) atoms. The highest BCUT2D eigenvalue weighted by Gasteiger charge is 1.96. The molecule has 0 nitrogen and oxygen atoms in total. The Balaban J connectivity index is 0.000001000. The molecule has 1 aromatic carbocycles. The van der Waals surface area contributed by atoms with E-state index in [1.807, 2.05) is 0 Å². The van der Waals surface area contributed by atoms with Crippen LogP contribution >= 0.6 is 26.2 Å². The van der Waals surface area contributed by atoms with Crippen molar-refractivity contribution >= 4 is 26.2 Å². The minimum absolute atomic E-state index is 0. The average molecular weight is 233 g/mol. The van der Waals surface area contributed by atoms with E-state index in [4.69, 9.17) is 0 Å². The smallest absolute Gasteiger partial charge is 0.0123 e. The second kappa shape index (κ2) is 4.90. The van der Waals surface area contributed by atoms with Gasteiger partial charge in [0.05, 0.1) is 0 Å². The molecule has 0 heterocycles. The zero-order chi connectivity index (χ0) is 7.56. The summed E-state index contributed by atoms with van der Waals surface area (Å²) in [5, 5.41) is 0. The van der Waals surface area contributed by atoms with Gasteiger partial charge in [0.25, 0.3) is 0 Å². The maximum Gasteiger partial charge on any atom is -0.0123 e. The SMILES string of the molecule is Br.Cc1cccc(C)c1CP. The van der Waals surface area contributed by atoms with E-state index in [0.29, 0.717) is 0 Å². The molecule has 0 aromatic heterocycles. The normalized spacial score (nSPS) is 9.00. The zero-order valence-corrected chi connectivity index (χ0v) is 9.79. The van der Waals surface area contributed by atoms with Gasteiger partial charge in [-0.3, -0.25) is 0 Å². The molecular weight excluding hydrogens is 219 g/mol. The number of benzene rings is 1. The summed E-state index contributed by atoms with van der Waals surface area (Å²) in [5.41, 5.74) is 4.26. The second-order valence-corrected chi connectivity index (χ2v) is 2.98. The average Bonchev–Trinajstić information content (AvgIpc) is 1.88. The van der Waals surface area contributed by atoms with Crippen molar-refractivity contribution in [3.63, 3.8) is 0 Å². The van der Waals surface area contributed by atoms with Crippen LogP contribution in [0.5, 0.6) is 0 Å². The first-order chi connectivity index (χ1) is 4.75. The van der Waals surface area contributed by atoms with Crippen molar-refractivity contribution in [2.24, 2.45) is 0 Å². The van der Waals surface area contributed by atoms with Gasteiger partial charge in [0.2, 0.25) is 0 Å². The molecule has 0 amide bonds. The molecule has 0 saturated carbocycles. The molecule has 62 valence electrons. The highest BCUT2D eigenvalue weighted by molar-refractivity contribution is 8.93. The lowest BCUT2D eigenvalue weighted by Crippen LogP contribution is -1.87. The summed E-state index contributed by atoms with van der Waals surface area (Å²) in [4.78, 5) is 0. The Bertz CT molecular complexity index is 213. The summed E-state index contributed by atoms with van der Waals surface area (Å²) >= 11 is 0. The van der Waals surface area contributed by atoms with Gasteiger partial charge in [0.1, 0.15) is 0 Å². The summed E-state index contributed by atoms with van der Waals surface area (Å²) in [6, 6.07) is 6.42. The zero-order valence-electron chi connectivity index (χ0n) is 6.92. The molecule has 0 saturated heterocycles. The topological polar surface area (TPSA) is 0 Å². The van der Waals surface area contributed by atoms with Crippen LogP contribution in [0.4, 0.5) is 0 Å². The molecule has 0 fully saturated rings. The number of aryl methyl sites for hydroxylation is 2. The molecule has 1 rings (SSSR count). The Morgan fingerprint density at radius 2 is 1.64 bits per heavy atom. The third kappa shape index (κ3) is 2.57. The minimum Gasteiger partial charge on any atom is -0.133 e. The number of rotatable bonds is 1. The fourth-order valence-electron chi connectivity index (χ4n) is 1.17. The lowest BCUT2D eigenvalue weighted by Gasteiger charge is -2.04. The van der Waals surface area contributed by atoms with Gasteiger partial charge in [-0.05, 0) is 36.7 Å². The Hall–Kier alpha value is 0.130. The van der Waals surface area contributed by atoms with Gasteiger partial charge in [-0.2, -0.15) is 0 Å². The first-order valence-corrected chi connectivity index (χ1v) is 4.32. The van der Waals surface area contributed by atoms with Crippen LogP contribution in [0.15, 0.2) is 18.2 Å². The second-order valence-electron chi connectivity index (χ2n) is 2.57. The molecule has 2 heteroatoms. The van der Waals surface area contributed by atoms with Crippen LogP contribution in [-0.2, 0) is 6.16 Å². The van der Waals surface area contributed by atoms with Gasteiger partial charge in [0.15, 0.2) is 0 Å². The predicted molar refractivity (Wildman–Crippen MR) is 59.7 cm³/mol. The maximum absolute atomic E-state index is 2.76. The lowest BCUT2D eigenvalue weighted by molar-refractivity contribution is 1.24. The van der Waals surface area contributed by atoms with Crippen LogP contribution < -0.4 is 0 Å². The first-order valence-electron chi connectivity index (χ1n) is 3.51.